The largest absolute Gasteiger partial charge is 0.462 e. The molecule has 0 radical (unpaired) electrons. The summed E-state index contributed by atoms with van der Waals surface area (Å²) in [5, 5.41) is 6.81. The lowest BCUT2D eigenvalue weighted by atomic mass is 9.99. The number of amides is 1. The topological polar surface area (TPSA) is 84.4 Å². The van der Waals surface area contributed by atoms with Crippen molar-refractivity contribution in [3.63, 3.8) is 0 Å². The summed E-state index contributed by atoms with van der Waals surface area (Å²) in [5.41, 5.74) is 4.30. The summed E-state index contributed by atoms with van der Waals surface area (Å²) in [6.45, 7) is 8.11. The van der Waals surface area contributed by atoms with E-state index in [0.717, 1.165) is 21.3 Å². The number of fused-ring (bicyclic) bond motifs is 1. The normalized spacial score (nSPS) is 11.2. The van der Waals surface area contributed by atoms with E-state index < -0.39 is 5.97 Å². The van der Waals surface area contributed by atoms with Crippen LogP contribution in [0.25, 0.3) is 21.3 Å². The molecule has 0 saturated heterocycles. The van der Waals surface area contributed by atoms with E-state index in [1.807, 2.05) is 0 Å². The Kier molecular flexibility index (Phi) is 7.18. The molecule has 4 aromatic rings. The van der Waals surface area contributed by atoms with Crippen molar-refractivity contribution in [2.45, 2.75) is 33.6 Å². The number of hydrogen-bond acceptors (Lipinski definition) is 8. The number of anilines is 2. The lowest BCUT2D eigenvalue weighted by molar-refractivity contribution is 0.0527. The number of hydrogen-bond donors (Lipinski definition) is 1. The SMILES string of the molecule is CCOC(=O)c1c(Nc2ncnc3scc(-c4ccc(C(C)C)cc4)c23)sc(C(=O)N(C)C)c1C. The molecule has 9 heteroatoms. The number of thiophene rings is 2. The molecule has 3 aromatic heterocycles. The van der Waals surface area contributed by atoms with Gasteiger partial charge in [0, 0.05) is 25.0 Å². The fourth-order valence-electron chi connectivity index (χ4n) is 3.80. The fourth-order valence-corrected chi connectivity index (χ4v) is 5.93. The number of ether oxygens (including phenoxy) is 1. The van der Waals surface area contributed by atoms with Crippen LogP contribution < -0.4 is 5.32 Å². The molecule has 0 aliphatic carbocycles. The Morgan fingerprint density at radius 2 is 1.86 bits per heavy atom. The monoisotopic (exact) mass is 508 g/mol. The van der Waals surface area contributed by atoms with E-state index >= 15 is 0 Å². The predicted molar refractivity (Wildman–Crippen MR) is 143 cm³/mol. The maximum Gasteiger partial charge on any atom is 0.341 e. The predicted octanol–water partition coefficient (Wildman–Crippen LogP) is 6.47. The van der Waals surface area contributed by atoms with Gasteiger partial charge in [-0.25, -0.2) is 14.8 Å². The van der Waals surface area contributed by atoms with Crippen molar-refractivity contribution >= 4 is 55.6 Å². The first kappa shape index (κ1) is 24.8. The van der Waals surface area contributed by atoms with Gasteiger partial charge in [-0.2, -0.15) is 0 Å². The van der Waals surface area contributed by atoms with Crippen LogP contribution in [-0.2, 0) is 4.74 Å². The van der Waals surface area contributed by atoms with Crippen molar-refractivity contribution in [1.82, 2.24) is 14.9 Å². The number of aromatic nitrogens is 2. The molecule has 3 heterocycles. The first-order chi connectivity index (χ1) is 16.7. The fraction of sp³-hybridized carbons (Fsp3) is 0.308. The van der Waals surface area contributed by atoms with Crippen molar-refractivity contribution < 1.29 is 14.3 Å². The lowest BCUT2D eigenvalue weighted by Gasteiger charge is -2.10. The summed E-state index contributed by atoms with van der Waals surface area (Å²) < 4.78 is 5.31. The average molecular weight is 509 g/mol. The summed E-state index contributed by atoms with van der Waals surface area (Å²) in [5.74, 6) is 0.392. The first-order valence-corrected chi connectivity index (χ1v) is 13.0. The van der Waals surface area contributed by atoms with Crippen LogP contribution >= 0.6 is 22.7 Å². The van der Waals surface area contributed by atoms with Crippen LogP contribution in [0.15, 0.2) is 36.0 Å². The van der Waals surface area contributed by atoms with Gasteiger partial charge in [0.05, 0.1) is 22.4 Å². The highest BCUT2D eigenvalue weighted by Gasteiger charge is 2.27. The Hall–Kier alpha value is -3.30. The van der Waals surface area contributed by atoms with Crippen LogP contribution in [0, 0.1) is 6.92 Å². The Balaban J connectivity index is 1.83. The van der Waals surface area contributed by atoms with Crippen molar-refractivity contribution in [2.24, 2.45) is 0 Å². The van der Waals surface area contributed by atoms with Gasteiger partial charge >= 0.3 is 5.97 Å². The van der Waals surface area contributed by atoms with E-state index in [4.69, 9.17) is 4.74 Å². The van der Waals surface area contributed by atoms with Gasteiger partial charge in [0.15, 0.2) is 0 Å². The summed E-state index contributed by atoms with van der Waals surface area (Å²) in [6, 6.07) is 8.50. The molecule has 0 fully saturated rings. The van der Waals surface area contributed by atoms with Crippen LogP contribution in [0.1, 0.15) is 57.8 Å². The quantitative estimate of drug-likeness (QED) is 0.288. The molecule has 1 N–H and O–H groups in total. The Labute approximate surface area is 212 Å². The number of esters is 1. The van der Waals surface area contributed by atoms with Gasteiger partial charge in [-0.3, -0.25) is 4.79 Å². The van der Waals surface area contributed by atoms with Gasteiger partial charge in [0.25, 0.3) is 5.91 Å². The molecule has 35 heavy (non-hydrogen) atoms. The third-order valence-corrected chi connectivity index (χ3v) is 7.80. The molecule has 0 unspecified atom stereocenters. The molecule has 7 nitrogen and oxygen atoms in total. The number of nitrogens with zero attached hydrogens (tertiary/aromatic N) is 3. The number of benzene rings is 1. The van der Waals surface area contributed by atoms with Crippen molar-refractivity contribution in [3.8, 4) is 11.1 Å². The van der Waals surface area contributed by atoms with Crippen molar-refractivity contribution in [3.05, 3.63) is 57.5 Å². The average Bonchev–Trinajstić information content (AvgIpc) is 3.40. The van der Waals surface area contributed by atoms with E-state index in [2.05, 4.69) is 58.8 Å². The summed E-state index contributed by atoms with van der Waals surface area (Å²) in [7, 11) is 3.38. The van der Waals surface area contributed by atoms with E-state index in [9.17, 15) is 9.59 Å². The number of nitrogens with one attached hydrogen (secondary N) is 1. The highest BCUT2D eigenvalue weighted by molar-refractivity contribution is 7.19. The Morgan fingerprint density at radius 3 is 2.49 bits per heavy atom. The number of carbonyl (C=O) groups is 2. The molecule has 0 bridgehead atoms. The zero-order valence-corrected chi connectivity index (χ0v) is 22.3. The molecular formula is C26H28N4O3S2. The minimum absolute atomic E-state index is 0.166. The standard InChI is InChI=1S/C26H28N4O3S2/c1-7-33-26(32)19-15(4)21(25(31)30(5)6)35-24(19)29-22-20-18(12-34-23(20)28-13-27-22)17-10-8-16(9-11-17)14(2)3/h8-14H,7H2,1-6H3,(H,27,28,29). The second-order valence-corrected chi connectivity index (χ2v) is 10.5. The van der Waals surface area contributed by atoms with Gasteiger partial charge in [0.2, 0.25) is 0 Å². The maximum atomic E-state index is 12.9. The Bertz CT molecular complexity index is 1390. The van der Waals surface area contributed by atoms with E-state index in [-0.39, 0.29) is 12.5 Å². The molecule has 1 aromatic carbocycles. The highest BCUT2D eigenvalue weighted by atomic mass is 32.1. The van der Waals surface area contributed by atoms with Crippen LogP contribution in [-0.4, -0.2) is 47.4 Å². The van der Waals surface area contributed by atoms with Crippen molar-refractivity contribution in [2.75, 3.05) is 26.0 Å². The molecule has 0 aliphatic rings. The summed E-state index contributed by atoms with van der Waals surface area (Å²) >= 11 is 2.77. The molecule has 0 aliphatic heterocycles. The summed E-state index contributed by atoms with van der Waals surface area (Å²) in [6.07, 6.45) is 1.50. The molecular weight excluding hydrogens is 480 g/mol. The minimum Gasteiger partial charge on any atom is -0.462 e. The zero-order chi connectivity index (χ0) is 25.3. The zero-order valence-electron chi connectivity index (χ0n) is 20.6. The van der Waals surface area contributed by atoms with Crippen molar-refractivity contribution in [1.29, 1.82) is 0 Å². The van der Waals surface area contributed by atoms with E-state index in [1.165, 1.54) is 39.5 Å². The minimum atomic E-state index is -0.471. The second kappa shape index (κ2) is 10.1. The van der Waals surface area contributed by atoms with Gasteiger partial charge in [-0.05, 0) is 36.5 Å². The molecule has 0 saturated carbocycles. The smallest absolute Gasteiger partial charge is 0.341 e. The first-order valence-electron chi connectivity index (χ1n) is 11.3. The molecule has 0 spiro atoms. The molecule has 182 valence electrons. The third-order valence-electron chi connectivity index (χ3n) is 5.72. The van der Waals surface area contributed by atoms with E-state index in [0.29, 0.717) is 32.7 Å². The molecule has 4 rings (SSSR count). The Morgan fingerprint density at radius 1 is 1.14 bits per heavy atom. The third kappa shape index (κ3) is 4.78. The second-order valence-electron chi connectivity index (χ2n) is 8.63. The van der Waals surface area contributed by atoms with Gasteiger partial charge < -0.3 is 15.0 Å². The van der Waals surface area contributed by atoms with Gasteiger partial charge in [-0.1, -0.05) is 38.1 Å². The van der Waals surface area contributed by atoms with Crippen LogP contribution in [0.4, 0.5) is 10.8 Å². The summed E-state index contributed by atoms with van der Waals surface area (Å²) in [4.78, 5) is 37.4. The van der Waals surface area contributed by atoms with Crippen LogP contribution in [0.5, 0.6) is 0 Å². The molecule has 0 atom stereocenters. The maximum absolute atomic E-state index is 12.9. The lowest BCUT2D eigenvalue weighted by Crippen LogP contribution is -2.21. The highest BCUT2D eigenvalue weighted by Crippen LogP contribution is 2.41. The van der Waals surface area contributed by atoms with Gasteiger partial charge in [0.1, 0.15) is 22.0 Å². The molecule has 1 amide bonds. The van der Waals surface area contributed by atoms with Crippen LogP contribution in [0.2, 0.25) is 0 Å². The van der Waals surface area contributed by atoms with Crippen LogP contribution in [0.3, 0.4) is 0 Å². The number of carbonyl (C=O) groups excluding carboxylic acids is 2. The van der Waals surface area contributed by atoms with E-state index in [1.54, 1.807) is 27.9 Å². The van der Waals surface area contributed by atoms with Gasteiger partial charge in [-0.15, -0.1) is 22.7 Å². The number of rotatable bonds is 7.